The molecule has 0 heterocycles. The molecule has 0 radical (unpaired) electrons. The summed E-state index contributed by atoms with van der Waals surface area (Å²) in [6.07, 6.45) is 11.3. The molecule has 1 N–H and O–H groups in total. The zero-order chi connectivity index (χ0) is 14.5. The van der Waals surface area contributed by atoms with Gasteiger partial charge in [-0.15, -0.1) is 0 Å². The van der Waals surface area contributed by atoms with Gasteiger partial charge in [-0.1, -0.05) is 37.8 Å². The molecule has 1 aromatic carbocycles. The van der Waals surface area contributed by atoms with Gasteiger partial charge >= 0.3 is 0 Å². The molecule has 116 valence electrons. The van der Waals surface area contributed by atoms with Crippen molar-refractivity contribution in [3.8, 4) is 5.75 Å². The minimum Gasteiger partial charge on any atom is -0.497 e. The highest BCUT2D eigenvalue weighted by Crippen LogP contribution is 2.38. The normalized spacial score (nSPS) is 25.8. The minimum atomic E-state index is 0.729. The first-order valence-electron chi connectivity index (χ1n) is 8.72. The second-order valence-electron chi connectivity index (χ2n) is 6.89. The second-order valence-corrected chi connectivity index (χ2v) is 6.89. The topological polar surface area (TPSA) is 21.3 Å². The molecule has 0 bridgehead atoms. The van der Waals surface area contributed by atoms with Crippen LogP contribution in [-0.2, 0) is 0 Å². The molecule has 2 saturated carbocycles. The molecule has 0 spiro atoms. The van der Waals surface area contributed by atoms with Crippen LogP contribution in [-0.4, -0.2) is 19.7 Å². The highest BCUT2D eigenvalue weighted by atomic mass is 16.5. The Kier molecular flexibility index (Phi) is 5.18. The van der Waals surface area contributed by atoms with E-state index in [1.54, 1.807) is 7.11 Å². The zero-order valence-electron chi connectivity index (χ0n) is 13.3. The molecular formula is C19H29NO. The third kappa shape index (κ3) is 4.00. The van der Waals surface area contributed by atoms with Gasteiger partial charge in [-0.05, 0) is 61.8 Å². The molecule has 2 heteroatoms. The van der Waals surface area contributed by atoms with Gasteiger partial charge in [-0.3, -0.25) is 0 Å². The quantitative estimate of drug-likeness (QED) is 0.745. The van der Waals surface area contributed by atoms with Gasteiger partial charge in [-0.2, -0.15) is 0 Å². The highest BCUT2D eigenvalue weighted by Gasteiger charge is 2.29. The van der Waals surface area contributed by atoms with Gasteiger partial charge in [-0.25, -0.2) is 0 Å². The summed E-state index contributed by atoms with van der Waals surface area (Å²) < 4.78 is 5.31. The largest absolute Gasteiger partial charge is 0.497 e. The molecule has 2 aliphatic carbocycles. The average Bonchev–Trinajstić information content (AvgIpc) is 2.98. The first-order chi connectivity index (χ1) is 10.3. The van der Waals surface area contributed by atoms with Crippen molar-refractivity contribution < 1.29 is 4.74 Å². The summed E-state index contributed by atoms with van der Waals surface area (Å²) in [5, 5.41) is 3.74. The van der Waals surface area contributed by atoms with Crippen LogP contribution in [0.5, 0.6) is 5.75 Å². The summed E-state index contributed by atoms with van der Waals surface area (Å²) in [6, 6.07) is 9.31. The average molecular weight is 287 g/mol. The predicted octanol–water partition coefficient (Wildman–Crippen LogP) is 4.50. The summed E-state index contributed by atoms with van der Waals surface area (Å²) in [6.45, 7) is 1.21. The van der Waals surface area contributed by atoms with Crippen LogP contribution < -0.4 is 10.1 Å². The SMILES string of the molecule is COc1cccc(C2CC(NCCCC3CCCC3)C2)c1. The van der Waals surface area contributed by atoms with Crippen molar-refractivity contribution in [2.45, 2.75) is 63.3 Å². The van der Waals surface area contributed by atoms with Gasteiger partial charge in [0, 0.05) is 6.04 Å². The van der Waals surface area contributed by atoms with Gasteiger partial charge in [0.25, 0.3) is 0 Å². The summed E-state index contributed by atoms with van der Waals surface area (Å²) in [5.74, 6) is 2.76. The van der Waals surface area contributed by atoms with Crippen LogP contribution in [0.4, 0.5) is 0 Å². The van der Waals surface area contributed by atoms with Crippen molar-refractivity contribution in [2.24, 2.45) is 5.92 Å². The summed E-state index contributed by atoms with van der Waals surface area (Å²) >= 11 is 0. The zero-order valence-corrected chi connectivity index (χ0v) is 13.3. The van der Waals surface area contributed by atoms with Crippen LogP contribution in [0.2, 0.25) is 0 Å². The van der Waals surface area contributed by atoms with E-state index in [-0.39, 0.29) is 0 Å². The number of rotatable bonds is 7. The number of methoxy groups -OCH3 is 1. The van der Waals surface area contributed by atoms with E-state index in [2.05, 4.69) is 23.5 Å². The Morgan fingerprint density at radius 1 is 1.19 bits per heavy atom. The number of ether oxygens (including phenoxy) is 1. The lowest BCUT2D eigenvalue weighted by atomic mass is 9.76. The molecule has 2 aliphatic rings. The molecule has 0 aliphatic heterocycles. The Bertz CT molecular complexity index is 433. The Labute approximate surface area is 129 Å². The molecule has 0 unspecified atom stereocenters. The van der Waals surface area contributed by atoms with Crippen molar-refractivity contribution in [1.29, 1.82) is 0 Å². The highest BCUT2D eigenvalue weighted by molar-refractivity contribution is 5.32. The van der Waals surface area contributed by atoms with Gasteiger partial charge in [0.05, 0.1) is 7.11 Å². The van der Waals surface area contributed by atoms with Crippen LogP contribution in [0.25, 0.3) is 0 Å². The van der Waals surface area contributed by atoms with E-state index in [9.17, 15) is 0 Å². The lowest BCUT2D eigenvalue weighted by Crippen LogP contribution is -2.40. The Morgan fingerprint density at radius 2 is 2.00 bits per heavy atom. The van der Waals surface area contributed by atoms with Gasteiger partial charge in [0.2, 0.25) is 0 Å². The number of benzene rings is 1. The molecule has 2 nitrogen and oxygen atoms in total. The standard InChI is InChI=1S/C19H29NO/c1-21-19-10-4-9-16(14-19)17-12-18(13-17)20-11-5-8-15-6-2-3-7-15/h4,9-10,14-15,17-18,20H,2-3,5-8,11-13H2,1H3. The van der Waals surface area contributed by atoms with E-state index in [1.165, 1.54) is 63.5 Å². The van der Waals surface area contributed by atoms with Crippen LogP contribution in [0.15, 0.2) is 24.3 Å². The first-order valence-corrected chi connectivity index (χ1v) is 8.72. The van der Waals surface area contributed by atoms with Crippen molar-refractivity contribution in [2.75, 3.05) is 13.7 Å². The van der Waals surface area contributed by atoms with Crippen molar-refractivity contribution >= 4 is 0 Å². The lowest BCUT2D eigenvalue weighted by Gasteiger charge is -2.36. The Hall–Kier alpha value is -1.02. The maximum atomic E-state index is 5.31. The van der Waals surface area contributed by atoms with Crippen LogP contribution >= 0.6 is 0 Å². The predicted molar refractivity (Wildman–Crippen MR) is 88.0 cm³/mol. The molecular weight excluding hydrogens is 258 g/mol. The molecule has 0 amide bonds. The number of hydrogen-bond donors (Lipinski definition) is 1. The summed E-state index contributed by atoms with van der Waals surface area (Å²) in [4.78, 5) is 0. The lowest BCUT2D eigenvalue weighted by molar-refractivity contribution is 0.286. The van der Waals surface area contributed by atoms with Crippen LogP contribution in [0.1, 0.15) is 62.8 Å². The molecule has 0 aromatic heterocycles. The van der Waals surface area contributed by atoms with E-state index in [4.69, 9.17) is 4.74 Å². The Morgan fingerprint density at radius 3 is 2.76 bits per heavy atom. The van der Waals surface area contributed by atoms with Crippen molar-refractivity contribution in [3.63, 3.8) is 0 Å². The third-order valence-electron chi connectivity index (χ3n) is 5.40. The fraction of sp³-hybridized carbons (Fsp3) is 0.684. The van der Waals surface area contributed by atoms with Gasteiger partial charge in [0.15, 0.2) is 0 Å². The van der Waals surface area contributed by atoms with Crippen molar-refractivity contribution in [3.05, 3.63) is 29.8 Å². The molecule has 0 saturated heterocycles. The van der Waals surface area contributed by atoms with Crippen molar-refractivity contribution in [1.82, 2.24) is 5.32 Å². The Balaban J connectivity index is 1.32. The fourth-order valence-corrected chi connectivity index (χ4v) is 3.95. The smallest absolute Gasteiger partial charge is 0.119 e. The second kappa shape index (κ2) is 7.31. The van der Waals surface area contributed by atoms with Crippen LogP contribution in [0, 0.1) is 5.92 Å². The van der Waals surface area contributed by atoms with E-state index in [0.29, 0.717) is 0 Å². The molecule has 21 heavy (non-hydrogen) atoms. The number of nitrogens with one attached hydrogen (secondary N) is 1. The fourth-order valence-electron chi connectivity index (χ4n) is 3.95. The number of hydrogen-bond acceptors (Lipinski definition) is 2. The molecule has 1 aromatic rings. The van der Waals surface area contributed by atoms with E-state index < -0.39 is 0 Å². The first kappa shape index (κ1) is 14.9. The molecule has 3 rings (SSSR count). The summed E-state index contributed by atoms with van der Waals surface area (Å²) in [5.41, 5.74) is 1.44. The maximum Gasteiger partial charge on any atom is 0.119 e. The monoisotopic (exact) mass is 287 g/mol. The van der Waals surface area contributed by atoms with Gasteiger partial charge in [0.1, 0.15) is 5.75 Å². The van der Waals surface area contributed by atoms with Crippen LogP contribution in [0.3, 0.4) is 0 Å². The van der Waals surface area contributed by atoms with Gasteiger partial charge < -0.3 is 10.1 Å². The molecule has 0 atom stereocenters. The summed E-state index contributed by atoms with van der Waals surface area (Å²) in [7, 11) is 1.74. The van der Waals surface area contributed by atoms with E-state index >= 15 is 0 Å². The molecule has 2 fully saturated rings. The van der Waals surface area contributed by atoms with E-state index in [1.807, 2.05) is 6.07 Å². The van der Waals surface area contributed by atoms with E-state index in [0.717, 1.165) is 23.6 Å². The maximum absolute atomic E-state index is 5.31. The minimum absolute atomic E-state index is 0.729. The third-order valence-corrected chi connectivity index (χ3v) is 5.40.